The number of carboxylic acids is 1. The van der Waals surface area contributed by atoms with Gasteiger partial charge < -0.3 is 15.7 Å². The Labute approximate surface area is 210 Å². The number of nitrogens with one attached hydrogen (secondary N) is 2. The fourth-order valence-electron chi connectivity index (χ4n) is 3.25. The highest BCUT2D eigenvalue weighted by Crippen LogP contribution is 2.29. The van der Waals surface area contributed by atoms with Gasteiger partial charge in [-0.05, 0) is 37.3 Å². The van der Waals surface area contributed by atoms with E-state index in [1.807, 2.05) is 41.8 Å². The maximum atomic E-state index is 12.7. The summed E-state index contributed by atoms with van der Waals surface area (Å²) in [6.45, 7) is 1.79. The lowest BCUT2D eigenvalue weighted by Gasteiger charge is -2.12. The molecule has 0 aliphatic carbocycles. The maximum Gasteiger partial charge on any atom is 0.336 e. The van der Waals surface area contributed by atoms with Gasteiger partial charge in [0.05, 0.1) is 22.1 Å². The van der Waals surface area contributed by atoms with Gasteiger partial charge in [-0.1, -0.05) is 48.5 Å². The highest BCUT2D eigenvalue weighted by molar-refractivity contribution is 8.00. The van der Waals surface area contributed by atoms with Gasteiger partial charge in [-0.15, -0.1) is 23.1 Å². The van der Waals surface area contributed by atoms with Gasteiger partial charge in [-0.2, -0.15) is 0 Å². The second kappa shape index (κ2) is 11.0. The highest BCUT2D eigenvalue weighted by atomic mass is 32.2. The van der Waals surface area contributed by atoms with Gasteiger partial charge in [-0.25, -0.2) is 9.78 Å². The van der Waals surface area contributed by atoms with E-state index < -0.39 is 17.1 Å². The van der Waals surface area contributed by atoms with Gasteiger partial charge in [0.25, 0.3) is 5.91 Å². The first kappa shape index (κ1) is 24.2. The average molecular weight is 504 g/mol. The van der Waals surface area contributed by atoms with Crippen LogP contribution in [0.25, 0.3) is 11.3 Å². The van der Waals surface area contributed by atoms with Crippen molar-refractivity contribution in [1.82, 2.24) is 4.98 Å². The van der Waals surface area contributed by atoms with Crippen LogP contribution in [0.4, 0.5) is 10.8 Å². The van der Waals surface area contributed by atoms with Crippen molar-refractivity contribution in [3.8, 4) is 11.3 Å². The summed E-state index contributed by atoms with van der Waals surface area (Å²) in [5, 5.41) is 16.9. The summed E-state index contributed by atoms with van der Waals surface area (Å²) < 4.78 is 0. The molecule has 9 heteroatoms. The van der Waals surface area contributed by atoms with E-state index in [4.69, 9.17) is 0 Å². The van der Waals surface area contributed by atoms with Crippen LogP contribution >= 0.6 is 23.1 Å². The normalized spacial score (nSPS) is 11.5. The lowest BCUT2D eigenvalue weighted by Crippen LogP contribution is -2.22. The molecule has 0 bridgehead atoms. The van der Waals surface area contributed by atoms with Crippen LogP contribution in [0, 0.1) is 0 Å². The van der Waals surface area contributed by atoms with Crippen LogP contribution in [0.5, 0.6) is 0 Å². The molecule has 2 amide bonds. The number of hydrogen-bond donors (Lipinski definition) is 3. The zero-order valence-corrected chi connectivity index (χ0v) is 20.2. The van der Waals surface area contributed by atoms with Crippen molar-refractivity contribution in [3.05, 3.63) is 95.4 Å². The molecule has 3 aromatic carbocycles. The molecule has 0 saturated heterocycles. The Morgan fingerprint density at radius 3 is 2.37 bits per heavy atom. The van der Waals surface area contributed by atoms with Gasteiger partial charge in [0, 0.05) is 21.5 Å². The molecule has 4 rings (SSSR count). The SMILES string of the molecule is CC(Sc1cccc(NC(=O)c2ccccc2C(=O)O)c1)C(=O)Nc1nc(-c2ccccc2)cs1. The number of rotatable bonds is 8. The first-order valence-corrected chi connectivity index (χ1v) is 12.4. The number of thioether (sulfide) groups is 1. The molecule has 1 aromatic heterocycles. The molecule has 1 heterocycles. The summed E-state index contributed by atoms with van der Waals surface area (Å²) in [6, 6.07) is 22.8. The molecule has 1 atom stereocenters. The van der Waals surface area contributed by atoms with Crippen molar-refractivity contribution in [2.75, 3.05) is 10.6 Å². The third-order valence-electron chi connectivity index (χ3n) is 4.98. The van der Waals surface area contributed by atoms with Gasteiger partial charge in [0.15, 0.2) is 5.13 Å². The van der Waals surface area contributed by atoms with Crippen LogP contribution in [0.1, 0.15) is 27.6 Å². The first-order valence-electron chi connectivity index (χ1n) is 10.6. The Kier molecular flexibility index (Phi) is 7.59. The lowest BCUT2D eigenvalue weighted by molar-refractivity contribution is -0.115. The molecule has 0 aliphatic heterocycles. The Morgan fingerprint density at radius 1 is 0.914 bits per heavy atom. The summed E-state index contributed by atoms with van der Waals surface area (Å²) in [4.78, 5) is 42.0. The van der Waals surface area contributed by atoms with E-state index in [9.17, 15) is 19.5 Å². The standard InChI is InChI=1S/C26H21N3O4S2/c1-16(23(30)29-26-28-22(15-34-26)17-8-3-2-4-9-17)35-19-11-7-10-18(14-19)27-24(31)20-12-5-6-13-21(20)25(32)33/h2-16H,1H3,(H,27,31)(H,32,33)(H,28,29,30). The molecule has 3 N–H and O–H groups in total. The van der Waals surface area contributed by atoms with Crippen molar-refractivity contribution in [2.24, 2.45) is 0 Å². The fraction of sp³-hybridized carbons (Fsp3) is 0.0769. The Morgan fingerprint density at radius 2 is 1.63 bits per heavy atom. The number of benzene rings is 3. The molecule has 176 valence electrons. The third kappa shape index (κ3) is 6.14. The number of carboxylic acid groups (broad SMARTS) is 1. The summed E-state index contributed by atoms with van der Waals surface area (Å²) in [6.07, 6.45) is 0. The van der Waals surface area contributed by atoms with Crippen LogP contribution in [-0.2, 0) is 4.79 Å². The number of thiazole rings is 1. The van der Waals surface area contributed by atoms with Gasteiger partial charge >= 0.3 is 5.97 Å². The molecular weight excluding hydrogens is 482 g/mol. The Hall–Kier alpha value is -3.95. The molecule has 35 heavy (non-hydrogen) atoms. The largest absolute Gasteiger partial charge is 0.478 e. The molecular formula is C26H21N3O4S2. The average Bonchev–Trinajstić information content (AvgIpc) is 3.33. The van der Waals surface area contributed by atoms with Crippen LogP contribution < -0.4 is 10.6 Å². The Balaban J connectivity index is 1.38. The summed E-state index contributed by atoms with van der Waals surface area (Å²) in [7, 11) is 0. The van der Waals surface area contributed by atoms with Gasteiger partial charge in [0.2, 0.25) is 5.91 Å². The third-order valence-corrected chi connectivity index (χ3v) is 6.83. The van der Waals surface area contributed by atoms with Crippen molar-refractivity contribution >= 4 is 51.7 Å². The highest BCUT2D eigenvalue weighted by Gasteiger charge is 2.18. The number of carbonyl (C=O) groups excluding carboxylic acids is 2. The molecule has 7 nitrogen and oxygen atoms in total. The molecule has 0 fully saturated rings. The number of amides is 2. The fourth-order valence-corrected chi connectivity index (χ4v) is 4.90. The van der Waals surface area contributed by atoms with Crippen LogP contribution in [0.15, 0.2) is 89.1 Å². The number of hydrogen-bond acceptors (Lipinski definition) is 6. The van der Waals surface area contributed by atoms with Crippen LogP contribution in [0.3, 0.4) is 0 Å². The minimum Gasteiger partial charge on any atom is -0.478 e. The zero-order chi connectivity index (χ0) is 24.8. The summed E-state index contributed by atoms with van der Waals surface area (Å²) >= 11 is 2.70. The molecule has 0 spiro atoms. The van der Waals surface area contributed by atoms with E-state index in [-0.39, 0.29) is 17.0 Å². The summed E-state index contributed by atoms with van der Waals surface area (Å²) in [5.74, 6) is -1.88. The van der Waals surface area contributed by atoms with E-state index in [0.29, 0.717) is 10.8 Å². The second-order valence-corrected chi connectivity index (χ2v) is 9.76. The lowest BCUT2D eigenvalue weighted by atomic mass is 10.1. The predicted molar refractivity (Wildman–Crippen MR) is 139 cm³/mol. The van der Waals surface area contributed by atoms with E-state index in [1.165, 1.54) is 35.2 Å². The first-order chi connectivity index (χ1) is 16.9. The minimum absolute atomic E-state index is 0.0709. The second-order valence-electron chi connectivity index (χ2n) is 7.49. The number of carbonyl (C=O) groups is 3. The molecule has 0 aliphatic rings. The predicted octanol–water partition coefficient (Wildman–Crippen LogP) is 5.88. The maximum absolute atomic E-state index is 12.7. The van der Waals surface area contributed by atoms with E-state index >= 15 is 0 Å². The van der Waals surface area contributed by atoms with Crippen molar-refractivity contribution in [2.45, 2.75) is 17.1 Å². The molecule has 4 aromatic rings. The molecule has 0 saturated carbocycles. The smallest absolute Gasteiger partial charge is 0.336 e. The van der Waals surface area contributed by atoms with Crippen molar-refractivity contribution in [3.63, 3.8) is 0 Å². The quantitative estimate of drug-likeness (QED) is 0.259. The van der Waals surface area contributed by atoms with E-state index in [2.05, 4.69) is 15.6 Å². The topological polar surface area (TPSA) is 108 Å². The number of nitrogens with zero attached hydrogens (tertiary/aromatic N) is 1. The summed E-state index contributed by atoms with van der Waals surface area (Å²) in [5.41, 5.74) is 2.29. The van der Waals surface area contributed by atoms with Gasteiger partial charge in [0.1, 0.15) is 0 Å². The van der Waals surface area contributed by atoms with Crippen LogP contribution in [-0.4, -0.2) is 33.1 Å². The Bertz CT molecular complexity index is 1370. The molecule has 1 unspecified atom stereocenters. The number of anilines is 2. The number of aromatic nitrogens is 1. The zero-order valence-electron chi connectivity index (χ0n) is 18.6. The van der Waals surface area contributed by atoms with E-state index in [0.717, 1.165) is 16.2 Å². The van der Waals surface area contributed by atoms with E-state index in [1.54, 1.807) is 37.3 Å². The van der Waals surface area contributed by atoms with Crippen molar-refractivity contribution in [1.29, 1.82) is 0 Å². The molecule has 0 radical (unpaired) electrons. The van der Waals surface area contributed by atoms with Gasteiger partial charge in [-0.3, -0.25) is 9.59 Å². The van der Waals surface area contributed by atoms with Crippen LogP contribution in [0.2, 0.25) is 0 Å². The monoisotopic (exact) mass is 503 g/mol. The number of aromatic carboxylic acids is 1. The van der Waals surface area contributed by atoms with Crippen molar-refractivity contribution < 1.29 is 19.5 Å². The minimum atomic E-state index is -1.17.